The van der Waals surface area contributed by atoms with Crippen LogP contribution in [0.15, 0.2) is 29.2 Å². The van der Waals surface area contributed by atoms with Crippen molar-refractivity contribution in [2.75, 3.05) is 47.0 Å². The zero-order chi connectivity index (χ0) is 26.4. The van der Waals surface area contributed by atoms with Crippen LogP contribution in [0.25, 0.3) is 0 Å². The van der Waals surface area contributed by atoms with Crippen LogP contribution in [0.3, 0.4) is 0 Å². The van der Waals surface area contributed by atoms with Crippen LogP contribution < -0.4 is 15.1 Å². The first-order valence-electron chi connectivity index (χ1n) is 12.9. The number of carbonyl (C=O) groups excluding carboxylic acids is 1. The number of carbonyl (C=O) groups is 1. The third-order valence-corrected chi connectivity index (χ3v) is 9.81. The van der Waals surface area contributed by atoms with Gasteiger partial charge in [0.25, 0.3) is 11.8 Å². The summed E-state index contributed by atoms with van der Waals surface area (Å²) in [5, 5.41) is 2.87. The maximum atomic E-state index is 13.6. The fourth-order valence-corrected chi connectivity index (χ4v) is 6.13. The number of benzene rings is 1. The van der Waals surface area contributed by atoms with Gasteiger partial charge in [-0.2, -0.15) is 4.98 Å². The molecule has 2 aliphatic heterocycles. The predicted octanol–water partition coefficient (Wildman–Crippen LogP) is 5.08. The van der Waals surface area contributed by atoms with Crippen LogP contribution in [0.5, 0.6) is 0 Å². The molecule has 0 bridgehead atoms. The first-order valence-corrected chi connectivity index (χ1v) is 14.7. The predicted molar refractivity (Wildman–Crippen MR) is 140 cm³/mol. The smallest absolute Gasteiger partial charge is 0.258 e. The molecule has 5 rings (SSSR count). The fourth-order valence-electron chi connectivity index (χ4n) is 5.21. The van der Waals surface area contributed by atoms with Gasteiger partial charge in [-0.15, -0.1) is 0 Å². The van der Waals surface area contributed by atoms with Crippen molar-refractivity contribution in [1.82, 2.24) is 9.97 Å². The van der Waals surface area contributed by atoms with Gasteiger partial charge in [0.2, 0.25) is 5.95 Å². The molecule has 1 saturated carbocycles. The van der Waals surface area contributed by atoms with E-state index in [9.17, 15) is 17.8 Å². The van der Waals surface area contributed by atoms with Gasteiger partial charge in [0.15, 0.2) is 0 Å². The lowest BCUT2D eigenvalue weighted by molar-refractivity contribution is -0.0222. The highest BCUT2D eigenvalue weighted by atomic mass is 32.2. The van der Waals surface area contributed by atoms with Crippen molar-refractivity contribution in [2.45, 2.75) is 63.2 Å². The zero-order valence-electron chi connectivity index (χ0n) is 21.4. The Balaban J connectivity index is 1.41. The molecule has 1 aliphatic carbocycles. The van der Waals surface area contributed by atoms with Crippen molar-refractivity contribution in [3.05, 3.63) is 35.5 Å². The number of nitrogens with zero attached hydrogens (tertiary/aromatic N) is 4. The molecule has 3 heterocycles. The number of halogens is 2. The number of amides is 1. The summed E-state index contributed by atoms with van der Waals surface area (Å²) in [6, 6.07) is 6.64. The monoisotopic (exact) mass is 532 g/mol. The van der Waals surface area contributed by atoms with E-state index in [1.807, 2.05) is 0 Å². The van der Waals surface area contributed by atoms with Crippen LogP contribution in [-0.2, 0) is 9.73 Å². The Kier molecular flexibility index (Phi) is 6.62. The first-order chi connectivity index (χ1) is 17.5. The highest BCUT2D eigenvalue weighted by molar-refractivity contribution is 7.92. The number of aromatic nitrogens is 2. The lowest BCUT2D eigenvalue weighted by atomic mass is 9.93. The van der Waals surface area contributed by atoms with E-state index in [0.29, 0.717) is 39.0 Å². The summed E-state index contributed by atoms with van der Waals surface area (Å²) in [6.07, 6.45) is 4.13. The van der Waals surface area contributed by atoms with E-state index >= 15 is 0 Å². The largest absolute Gasteiger partial charge is 0.371 e. The Bertz CT molecular complexity index is 1290. The van der Waals surface area contributed by atoms with E-state index in [1.54, 1.807) is 43.0 Å². The molecule has 2 saturated heterocycles. The second-order valence-electron chi connectivity index (χ2n) is 10.6. The highest BCUT2D eigenvalue weighted by Gasteiger charge is 2.44. The van der Waals surface area contributed by atoms with Gasteiger partial charge in [0, 0.05) is 61.4 Å². The molecule has 1 aromatic carbocycles. The SMILES string of the molecule is CC[S@@](=N)(=O)c1ccc(C(=O)Nc2cc(C)nc(N3CCC(F)(F)CC3)n2)c(N2CCC3(CC2)CC3)c1. The second-order valence-corrected chi connectivity index (χ2v) is 13.0. The molecule has 1 aromatic heterocycles. The molecule has 3 aliphatic rings. The topological polar surface area (TPSA) is 102 Å². The fraction of sp³-hybridized carbons (Fsp3) is 0.577. The molecule has 1 spiro atoms. The molecule has 11 heteroatoms. The van der Waals surface area contributed by atoms with Crippen molar-refractivity contribution in [1.29, 1.82) is 4.78 Å². The summed E-state index contributed by atoms with van der Waals surface area (Å²) < 4.78 is 48.3. The third-order valence-electron chi connectivity index (χ3n) is 7.98. The third kappa shape index (κ3) is 5.56. The molecule has 200 valence electrons. The van der Waals surface area contributed by atoms with E-state index in [0.717, 1.165) is 25.9 Å². The lowest BCUT2D eigenvalue weighted by Gasteiger charge is -2.35. The van der Waals surface area contributed by atoms with Crippen LogP contribution in [0.2, 0.25) is 0 Å². The molecule has 1 atom stereocenters. The van der Waals surface area contributed by atoms with Gasteiger partial charge in [0.1, 0.15) is 5.82 Å². The molecule has 8 nitrogen and oxygen atoms in total. The normalized spacial score (nSPS) is 21.9. The molecular weight excluding hydrogens is 498 g/mol. The summed E-state index contributed by atoms with van der Waals surface area (Å²) in [7, 11) is -2.94. The number of alkyl halides is 2. The molecule has 2 N–H and O–H groups in total. The summed E-state index contributed by atoms with van der Waals surface area (Å²) in [5.41, 5.74) is 2.19. The number of hydrogen-bond acceptors (Lipinski definition) is 7. The number of hydrogen-bond donors (Lipinski definition) is 2. The average Bonchev–Trinajstić information content (AvgIpc) is 3.62. The number of piperidine rings is 2. The van der Waals surface area contributed by atoms with E-state index in [-0.39, 0.29) is 37.6 Å². The van der Waals surface area contributed by atoms with E-state index in [2.05, 4.69) is 20.2 Å². The van der Waals surface area contributed by atoms with Crippen molar-refractivity contribution >= 4 is 33.1 Å². The van der Waals surface area contributed by atoms with Crippen molar-refractivity contribution in [3.8, 4) is 0 Å². The Morgan fingerprint density at radius 3 is 2.30 bits per heavy atom. The van der Waals surface area contributed by atoms with Gasteiger partial charge in [-0.05, 0) is 56.2 Å². The standard InChI is InChI=1S/C26H34F2N6O2S/c1-3-37(29,36)19-4-5-20(21(17-19)33-12-8-25(6-7-25)9-13-33)23(35)31-22-16-18(2)30-24(32-22)34-14-10-26(27,28)11-15-34/h4-5,16-17,29H,3,6-15H2,1-2H3,(H,30,31,32,35)/t37-/m1/s1. The van der Waals surface area contributed by atoms with Crippen LogP contribution in [0.4, 0.5) is 26.2 Å². The Labute approximate surface area is 216 Å². The molecule has 1 amide bonds. The van der Waals surface area contributed by atoms with Gasteiger partial charge in [-0.25, -0.2) is 22.8 Å². The van der Waals surface area contributed by atoms with E-state index in [1.165, 1.54) is 12.8 Å². The quantitative estimate of drug-likeness (QED) is 0.538. The van der Waals surface area contributed by atoms with Gasteiger partial charge in [0.05, 0.1) is 21.0 Å². The van der Waals surface area contributed by atoms with Gasteiger partial charge < -0.3 is 15.1 Å². The van der Waals surface area contributed by atoms with Crippen LogP contribution in [0.1, 0.15) is 61.5 Å². The molecule has 2 aromatic rings. The Morgan fingerprint density at radius 2 is 1.68 bits per heavy atom. The van der Waals surface area contributed by atoms with Crippen molar-refractivity contribution < 1.29 is 17.8 Å². The van der Waals surface area contributed by atoms with Gasteiger partial charge >= 0.3 is 0 Å². The summed E-state index contributed by atoms with van der Waals surface area (Å²) >= 11 is 0. The summed E-state index contributed by atoms with van der Waals surface area (Å²) in [6.45, 7) is 5.42. The Hall–Kier alpha value is -2.82. The Morgan fingerprint density at radius 1 is 1.03 bits per heavy atom. The van der Waals surface area contributed by atoms with E-state index in [4.69, 9.17) is 4.78 Å². The van der Waals surface area contributed by atoms with Gasteiger partial charge in [-0.3, -0.25) is 4.79 Å². The average molecular weight is 533 g/mol. The van der Waals surface area contributed by atoms with Crippen molar-refractivity contribution in [3.63, 3.8) is 0 Å². The minimum Gasteiger partial charge on any atom is -0.371 e. The molecule has 0 unspecified atom stereocenters. The van der Waals surface area contributed by atoms with Crippen LogP contribution in [-0.4, -0.2) is 57.9 Å². The van der Waals surface area contributed by atoms with Crippen molar-refractivity contribution in [2.24, 2.45) is 5.41 Å². The number of nitrogens with one attached hydrogen (secondary N) is 2. The summed E-state index contributed by atoms with van der Waals surface area (Å²) in [4.78, 5) is 26.7. The number of anilines is 3. The number of rotatable bonds is 6. The summed E-state index contributed by atoms with van der Waals surface area (Å²) in [5.74, 6) is -2.21. The molecule has 3 fully saturated rings. The first kappa shape index (κ1) is 25.8. The molecule has 37 heavy (non-hydrogen) atoms. The van der Waals surface area contributed by atoms with Gasteiger partial charge in [-0.1, -0.05) is 6.92 Å². The highest BCUT2D eigenvalue weighted by Crippen LogP contribution is 2.54. The minimum atomic E-state index is -2.94. The lowest BCUT2D eigenvalue weighted by Crippen LogP contribution is -2.40. The number of aryl methyl sites for hydroxylation is 1. The van der Waals surface area contributed by atoms with Crippen LogP contribution in [0, 0.1) is 17.1 Å². The molecular formula is C26H34F2N6O2S. The second kappa shape index (κ2) is 9.49. The van der Waals surface area contributed by atoms with Crippen LogP contribution >= 0.6 is 0 Å². The maximum Gasteiger partial charge on any atom is 0.258 e. The zero-order valence-corrected chi connectivity index (χ0v) is 22.2. The minimum absolute atomic E-state index is 0.149. The molecule has 0 radical (unpaired) electrons. The maximum absolute atomic E-state index is 13.6. The van der Waals surface area contributed by atoms with E-state index < -0.39 is 15.7 Å².